The number of carbonyl (C=O) groups is 2. The monoisotopic (exact) mass is 418 g/mol. The van der Waals surface area contributed by atoms with Gasteiger partial charge < -0.3 is 15.0 Å². The van der Waals surface area contributed by atoms with Crippen LogP contribution >= 0.6 is 0 Å². The van der Waals surface area contributed by atoms with Crippen molar-refractivity contribution in [2.24, 2.45) is 5.92 Å². The molecule has 1 aromatic heterocycles. The van der Waals surface area contributed by atoms with E-state index < -0.39 is 0 Å². The van der Waals surface area contributed by atoms with Gasteiger partial charge in [-0.25, -0.2) is 0 Å². The Morgan fingerprint density at radius 3 is 2.71 bits per heavy atom. The summed E-state index contributed by atoms with van der Waals surface area (Å²) in [5.41, 5.74) is 5.76. The van der Waals surface area contributed by atoms with Crippen LogP contribution in [0.15, 0.2) is 48.7 Å². The van der Waals surface area contributed by atoms with E-state index in [0.29, 0.717) is 13.1 Å². The van der Waals surface area contributed by atoms with Crippen LogP contribution in [-0.2, 0) is 16.1 Å². The van der Waals surface area contributed by atoms with Gasteiger partial charge >= 0.3 is 0 Å². The fraction of sp³-hybridized carbons (Fsp3) is 0.292. The molecule has 3 aromatic rings. The Labute approximate surface area is 181 Å². The minimum absolute atomic E-state index is 0.0191. The van der Waals surface area contributed by atoms with Crippen molar-refractivity contribution < 1.29 is 14.3 Å². The van der Waals surface area contributed by atoms with Gasteiger partial charge in [0.25, 0.3) is 0 Å². The third kappa shape index (κ3) is 4.30. The number of amides is 2. The highest BCUT2D eigenvalue weighted by atomic mass is 16.5. The van der Waals surface area contributed by atoms with Crippen LogP contribution in [0.25, 0.3) is 11.3 Å². The largest absolute Gasteiger partial charge is 0.497 e. The number of benzene rings is 2. The molecule has 1 unspecified atom stereocenters. The Bertz CT molecular complexity index is 1100. The summed E-state index contributed by atoms with van der Waals surface area (Å²) in [6, 6.07) is 13.6. The van der Waals surface area contributed by atoms with Crippen LogP contribution < -0.4 is 15.0 Å². The van der Waals surface area contributed by atoms with E-state index in [2.05, 4.69) is 21.6 Å². The third-order valence-electron chi connectivity index (χ3n) is 5.69. The molecule has 160 valence electrons. The fourth-order valence-electron chi connectivity index (χ4n) is 4.00. The summed E-state index contributed by atoms with van der Waals surface area (Å²) in [6.45, 7) is 4.74. The van der Waals surface area contributed by atoms with Gasteiger partial charge in [0.15, 0.2) is 0 Å². The zero-order valence-corrected chi connectivity index (χ0v) is 17.9. The lowest BCUT2D eigenvalue weighted by Crippen LogP contribution is -2.32. The number of aromatic amines is 1. The molecular weight excluding hydrogens is 392 g/mol. The van der Waals surface area contributed by atoms with Gasteiger partial charge in [-0.05, 0) is 49.7 Å². The number of aryl methyl sites for hydroxylation is 2. The van der Waals surface area contributed by atoms with Gasteiger partial charge in [-0.3, -0.25) is 14.7 Å². The lowest BCUT2D eigenvalue weighted by atomic mass is 10.1. The second-order valence-electron chi connectivity index (χ2n) is 7.91. The maximum absolute atomic E-state index is 12.8. The Balaban J connectivity index is 1.41. The Morgan fingerprint density at radius 2 is 2.00 bits per heavy atom. The summed E-state index contributed by atoms with van der Waals surface area (Å²) in [7, 11) is 1.63. The van der Waals surface area contributed by atoms with Crippen LogP contribution in [0.5, 0.6) is 5.75 Å². The Hall–Kier alpha value is -3.61. The lowest BCUT2D eigenvalue weighted by molar-refractivity contribution is -0.126. The summed E-state index contributed by atoms with van der Waals surface area (Å²) >= 11 is 0. The number of aromatic nitrogens is 2. The van der Waals surface area contributed by atoms with E-state index in [1.807, 2.05) is 50.2 Å². The van der Waals surface area contributed by atoms with Crippen LogP contribution in [0.2, 0.25) is 0 Å². The van der Waals surface area contributed by atoms with Gasteiger partial charge in [-0.2, -0.15) is 5.10 Å². The number of methoxy groups -OCH3 is 1. The molecule has 0 aliphatic carbocycles. The molecule has 0 bridgehead atoms. The Kier molecular flexibility index (Phi) is 5.75. The zero-order valence-electron chi connectivity index (χ0n) is 17.9. The molecule has 4 rings (SSSR count). The van der Waals surface area contributed by atoms with Crippen LogP contribution in [-0.4, -0.2) is 35.7 Å². The summed E-state index contributed by atoms with van der Waals surface area (Å²) < 4.78 is 5.20. The van der Waals surface area contributed by atoms with Crippen molar-refractivity contribution in [3.63, 3.8) is 0 Å². The first kappa shape index (κ1) is 20.7. The molecule has 2 amide bonds. The number of nitrogens with zero attached hydrogens (tertiary/aromatic N) is 2. The fourth-order valence-corrected chi connectivity index (χ4v) is 4.00. The minimum Gasteiger partial charge on any atom is -0.497 e. The van der Waals surface area contributed by atoms with E-state index in [9.17, 15) is 9.59 Å². The first-order valence-corrected chi connectivity index (χ1v) is 10.3. The molecule has 2 N–H and O–H groups in total. The van der Waals surface area contributed by atoms with E-state index in [0.717, 1.165) is 39.4 Å². The van der Waals surface area contributed by atoms with Crippen molar-refractivity contribution >= 4 is 17.5 Å². The number of anilines is 1. The van der Waals surface area contributed by atoms with Crippen molar-refractivity contribution in [2.45, 2.75) is 26.8 Å². The molecule has 2 aromatic carbocycles. The van der Waals surface area contributed by atoms with E-state index in [-0.39, 0.29) is 24.2 Å². The molecular formula is C24H26N4O3. The number of hydrogen-bond acceptors (Lipinski definition) is 4. The van der Waals surface area contributed by atoms with E-state index >= 15 is 0 Å². The molecule has 1 aliphatic rings. The topological polar surface area (TPSA) is 87.3 Å². The van der Waals surface area contributed by atoms with Gasteiger partial charge in [0.05, 0.1) is 24.9 Å². The molecule has 1 saturated heterocycles. The minimum atomic E-state index is -0.371. The van der Waals surface area contributed by atoms with Crippen LogP contribution in [0.1, 0.15) is 23.1 Å². The molecule has 2 heterocycles. The molecule has 0 radical (unpaired) electrons. The highest BCUT2D eigenvalue weighted by molar-refractivity contribution is 6.00. The van der Waals surface area contributed by atoms with E-state index in [4.69, 9.17) is 4.74 Å². The number of hydrogen-bond donors (Lipinski definition) is 2. The number of nitrogens with one attached hydrogen (secondary N) is 2. The molecule has 1 atom stereocenters. The maximum atomic E-state index is 12.8. The number of rotatable bonds is 6. The normalized spacial score (nSPS) is 15.9. The first-order chi connectivity index (χ1) is 15.0. The maximum Gasteiger partial charge on any atom is 0.227 e. The van der Waals surface area contributed by atoms with Crippen molar-refractivity contribution in [1.29, 1.82) is 0 Å². The highest BCUT2D eigenvalue weighted by Crippen LogP contribution is 2.29. The first-order valence-electron chi connectivity index (χ1n) is 10.3. The average Bonchev–Trinajstić information content (AvgIpc) is 3.39. The predicted octanol–water partition coefficient (Wildman–Crippen LogP) is 3.37. The molecule has 7 nitrogen and oxygen atoms in total. The standard InChI is InChI=1S/C24H26N4O3/c1-15-4-9-21(16(2)10-15)28-14-18(11-22(28)29)24(30)25-12-19-13-26-27-23(19)17-5-7-20(31-3)8-6-17/h4-10,13,18H,11-12,14H2,1-3H3,(H,25,30)(H,26,27). The van der Waals surface area contributed by atoms with E-state index in [1.54, 1.807) is 18.2 Å². The summed E-state index contributed by atoms with van der Waals surface area (Å²) in [5, 5.41) is 10.1. The molecule has 0 spiro atoms. The van der Waals surface area contributed by atoms with E-state index in [1.165, 1.54) is 0 Å². The second-order valence-corrected chi connectivity index (χ2v) is 7.91. The van der Waals surface area contributed by atoms with Gasteiger partial charge in [0, 0.05) is 36.3 Å². The number of H-pyrrole nitrogens is 1. The van der Waals surface area contributed by atoms with Crippen molar-refractivity contribution in [1.82, 2.24) is 15.5 Å². The zero-order chi connectivity index (χ0) is 22.0. The predicted molar refractivity (Wildman–Crippen MR) is 119 cm³/mol. The summed E-state index contributed by atoms with van der Waals surface area (Å²) in [5.74, 6) is 0.263. The van der Waals surface area contributed by atoms with Crippen LogP contribution in [0.4, 0.5) is 5.69 Å². The van der Waals surface area contributed by atoms with Crippen molar-refractivity contribution in [3.05, 3.63) is 65.4 Å². The Morgan fingerprint density at radius 1 is 1.23 bits per heavy atom. The van der Waals surface area contributed by atoms with Crippen molar-refractivity contribution in [3.8, 4) is 17.0 Å². The SMILES string of the molecule is COc1ccc(-c2[nH]ncc2CNC(=O)C2CC(=O)N(c3ccc(C)cc3C)C2)cc1. The lowest BCUT2D eigenvalue weighted by Gasteiger charge is -2.19. The summed E-state index contributed by atoms with van der Waals surface area (Å²) in [4.78, 5) is 27.1. The quantitative estimate of drug-likeness (QED) is 0.643. The average molecular weight is 418 g/mol. The molecule has 1 fully saturated rings. The molecule has 7 heteroatoms. The van der Waals surface area contributed by atoms with Gasteiger partial charge in [-0.15, -0.1) is 0 Å². The van der Waals surface area contributed by atoms with Crippen LogP contribution in [0.3, 0.4) is 0 Å². The molecule has 0 saturated carbocycles. The molecule has 31 heavy (non-hydrogen) atoms. The summed E-state index contributed by atoms with van der Waals surface area (Å²) in [6.07, 6.45) is 1.93. The second kappa shape index (κ2) is 8.63. The van der Waals surface area contributed by atoms with Crippen LogP contribution in [0, 0.1) is 19.8 Å². The number of carbonyl (C=O) groups excluding carboxylic acids is 2. The molecule has 1 aliphatic heterocycles. The third-order valence-corrected chi connectivity index (χ3v) is 5.69. The van der Waals surface area contributed by atoms with Crippen molar-refractivity contribution in [2.75, 3.05) is 18.6 Å². The number of ether oxygens (including phenoxy) is 1. The smallest absolute Gasteiger partial charge is 0.227 e. The van der Waals surface area contributed by atoms with Gasteiger partial charge in [0.1, 0.15) is 5.75 Å². The highest BCUT2D eigenvalue weighted by Gasteiger charge is 2.35. The van der Waals surface area contributed by atoms with Gasteiger partial charge in [-0.1, -0.05) is 17.7 Å². The van der Waals surface area contributed by atoms with Gasteiger partial charge in [0.2, 0.25) is 11.8 Å².